The highest BCUT2D eigenvalue weighted by Crippen LogP contribution is 2.32. The van der Waals surface area contributed by atoms with Crippen molar-refractivity contribution in [2.45, 2.75) is 13.3 Å². The molecule has 6 nitrogen and oxygen atoms in total. The maximum Gasteiger partial charge on any atom is 0.124 e. The predicted octanol–water partition coefficient (Wildman–Crippen LogP) is 3.84. The summed E-state index contributed by atoms with van der Waals surface area (Å²) in [6, 6.07) is 11.8. The maximum absolute atomic E-state index is 9.08. The molecular formula is C21H20N4O2. The van der Waals surface area contributed by atoms with Crippen molar-refractivity contribution < 1.29 is 9.47 Å². The van der Waals surface area contributed by atoms with Crippen LogP contribution in [-0.2, 0) is 11.2 Å². The van der Waals surface area contributed by atoms with E-state index < -0.39 is 0 Å². The van der Waals surface area contributed by atoms with Gasteiger partial charge < -0.3 is 19.4 Å². The SMILES string of the molecule is COCCOc1cc(C)c2[nH]ccc2c1Cc1nc2cc(C#N)ccc2[nH]1. The Balaban J connectivity index is 1.75. The molecule has 2 aromatic heterocycles. The highest BCUT2D eigenvalue weighted by Gasteiger charge is 2.15. The number of fused-ring (bicyclic) bond motifs is 2. The van der Waals surface area contributed by atoms with E-state index >= 15 is 0 Å². The maximum atomic E-state index is 9.08. The zero-order valence-corrected chi connectivity index (χ0v) is 15.3. The Hall–Kier alpha value is -3.30. The monoisotopic (exact) mass is 360 g/mol. The van der Waals surface area contributed by atoms with Gasteiger partial charge in [-0.1, -0.05) is 0 Å². The summed E-state index contributed by atoms with van der Waals surface area (Å²) in [5, 5.41) is 10.2. The lowest BCUT2D eigenvalue weighted by Gasteiger charge is -2.13. The fourth-order valence-corrected chi connectivity index (χ4v) is 3.36. The zero-order valence-electron chi connectivity index (χ0n) is 15.3. The van der Waals surface area contributed by atoms with Crippen molar-refractivity contribution in [3.8, 4) is 11.8 Å². The fraction of sp³-hybridized carbons (Fsp3) is 0.238. The molecule has 0 saturated heterocycles. The third-order valence-electron chi connectivity index (χ3n) is 4.66. The minimum Gasteiger partial charge on any atom is -0.491 e. The van der Waals surface area contributed by atoms with Crippen LogP contribution in [0.1, 0.15) is 22.5 Å². The first kappa shape index (κ1) is 17.1. The second-order valence-electron chi connectivity index (χ2n) is 6.48. The average Bonchev–Trinajstić information content (AvgIpc) is 3.31. The molecule has 0 saturated carbocycles. The number of aromatic nitrogens is 3. The number of nitrogens with one attached hydrogen (secondary N) is 2. The summed E-state index contributed by atoms with van der Waals surface area (Å²) in [4.78, 5) is 11.3. The fourth-order valence-electron chi connectivity index (χ4n) is 3.36. The van der Waals surface area contributed by atoms with Crippen LogP contribution < -0.4 is 4.74 Å². The first-order valence-corrected chi connectivity index (χ1v) is 8.79. The standard InChI is InChI=1S/C21H20N4O2/c1-13-9-19(27-8-7-26-2)16(15-5-6-23-21(13)15)11-20-24-17-4-3-14(12-22)10-18(17)25-20/h3-6,9-10,23H,7-8,11H2,1-2H3,(H,24,25). The summed E-state index contributed by atoms with van der Waals surface area (Å²) >= 11 is 0. The number of methoxy groups -OCH3 is 1. The molecule has 0 amide bonds. The van der Waals surface area contributed by atoms with Gasteiger partial charge in [0.25, 0.3) is 0 Å². The van der Waals surface area contributed by atoms with E-state index in [9.17, 15) is 0 Å². The predicted molar refractivity (Wildman–Crippen MR) is 104 cm³/mol. The molecule has 0 bridgehead atoms. The number of imidazole rings is 1. The van der Waals surface area contributed by atoms with Gasteiger partial charge >= 0.3 is 0 Å². The Kier molecular flexibility index (Phi) is 4.53. The second kappa shape index (κ2) is 7.14. The molecule has 6 heteroatoms. The van der Waals surface area contributed by atoms with E-state index in [1.54, 1.807) is 19.2 Å². The van der Waals surface area contributed by atoms with Crippen molar-refractivity contribution in [3.63, 3.8) is 0 Å². The molecule has 0 aliphatic carbocycles. The number of hydrogen-bond acceptors (Lipinski definition) is 4. The Labute approximate surface area is 156 Å². The molecule has 0 spiro atoms. The van der Waals surface area contributed by atoms with E-state index in [1.165, 1.54) is 0 Å². The first-order chi connectivity index (χ1) is 13.2. The molecule has 0 unspecified atom stereocenters. The van der Waals surface area contributed by atoms with Crippen LogP contribution in [0.3, 0.4) is 0 Å². The average molecular weight is 360 g/mol. The number of aromatic amines is 2. The number of hydrogen-bond donors (Lipinski definition) is 2. The molecule has 0 radical (unpaired) electrons. The third-order valence-corrected chi connectivity index (χ3v) is 4.66. The van der Waals surface area contributed by atoms with Crippen LogP contribution in [0.15, 0.2) is 36.5 Å². The lowest BCUT2D eigenvalue weighted by Crippen LogP contribution is -2.07. The van der Waals surface area contributed by atoms with E-state index in [0.29, 0.717) is 25.2 Å². The molecule has 0 fully saturated rings. The van der Waals surface area contributed by atoms with Crippen LogP contribution in [0.5, 0.6) is 5.75 Å². The normalized spacial score (nSPS) is 11.1. The largest absolute Gasteiger partial charge is 0.491 e. The molecule has 2 N–H and O–H groups in total. The third kappa shape index (κ3) is 3.25. The van der Waals surface area contributed by atoms with Gasteiger partial charge in [0.15, 0.2) is 0 Å². The number of ether oxygens (including phenoxy) is 2. The highest BCUT2D eigenvalue weighted by atomic mass is 16.5. The van der Waals surface area contributed by atoms with Crippen molar-refractivity contribution in [1.29, 1.82) is 5.26 Å². The van der Waals surface area contributed by atoms with Gasteiger partial charge in [0, 0.05) is 36.2 Å². The summed E-state index contributed by atoms with van der Waals surface area (Å²) in [5.74, 6) is 1.68. The quantitative estimate of drug-likeness (QED) is 0.512. The Morgan fingerprint density at radius 3 is 2.89 bits per heavy atom. The van der Waals surface area contributed by atoms with Gasteiger partial charge in [-0.25, -0.2) is 4.98 Å². The van der Waals surface area contributed by atoms with Gasteiger partial charge in [-0.05, 0) is 42.8 Å². The number of rotatable bonds is 6. The van der Waals surface area contributed by atoms with Crippen LogP contribution in [0.4, 0.5) is 0 Å². The molecule has 136 valence electrons. The number of aryl methyl sites for hydroxylation is 1. The van der Waals surface area contributed by atoms with Crippen molar-refractivity contribution in [2.75, 3.05) is 20.3 Å². The summed E-state index contributed by atoms with van der Waals surface area (Å²) < 4.78 is 11.1. The van der Waals surface area contributed by atoms with Crippen molar-refractivity contribution in [2.24, 2.45) is 0 Å². The van der Waals surface area contributed by atoms with Gasteiger partial charge in [-0.2, -0.15) is 5.26 Å². The minimum absolute atomic E-state index is 0.491. The van der Waals surface area contributed by atoms with Crippen molar-refractivity contribution in [3.05, 3.63) is 59.0 Å². The van der Waals surface area contributed by atoms with Crippen LogP contribution in [-0.4, -0.2) is 35.3 Å². The van der Waals surface area contributed by atoms with Gasteiger partial charge in [-0.15, -0.1) is 0 Å². The number of nitrogens with zero attached hydrogens (tertiary/aromatic N) is 2. The molecule has 2 aromatic carbocycles. The summed E-state index contributed by atoms with van der Waals surface area (Å²) in [6.07, 6.45) is 2.55. The summed E-state index contributed by atoms with van der Waals surface area (Å²) in [5.41, 5.74) is 5.63. The van der Waals surface area contributed by atoms with E-state index in [-0.39, 0.29) is 0 Å². The lowest BCUT2D eigenvalue weighted by molar-refractivity contribution is 0.146. The van der Waals surface area contributed by atoms with Crippen LogP contribution in [0.25, 0.3) is 21.9 Å². The first-order valence-electron chi connectivity index (χ1n) is 8.79. The van der Waals surface area contributed by atoms with Crippen molar-refractivity contribution >= 4 is 21.9 Å². The van der Waals surface area contributed by atoms with Crippen molar-refractivity contribution in [1.82, 2.24) is 15.0 Å². The topological polar surface area (TPSA) is 86.7 Å². The highest BCUT2D eigenvalue weighted by molar-refractivity contribution is 5.88. The number of nitriles is 1. The molecule has 0 atom stereocenters. The van der Waals surface area contributed by atoms with E-state index in [1.807, 2.05) is 12.3 Å². The number of benzene rings is 2. The number of H-pyrrole nitrogens is 2. The molecule has 0 aliphatic rings. The summed E-state index contributed by atoms with van der Waals surface area (Å²) in [7, 11) is 1.66. The van der Waals surface area contributed by atoms with Gasteiger partial charge in [0.1, 0.15) is 18.2 Å². The Bertz CT molecular complexity index is 1150. The Morgan fingerprint density at radius 2 is 2.07 bits per heavy atom. The van der Waals surface area contributed by atoms with E-state index in [4.69, 9.17) is 14.7 Å². The zero-order chi connectivity index (χ0) is 18.8. The van der Waals surface area contributed by atoms with Gasteiger partial charge in [0.2, 0.25) is 0 Å². The molecule has 27 heavy (non-hydrogen) atoms. The van der Waals surface area contributed by atoms with E-state index in [2.05, 4.69) is 40.1 Å². The van der Waals surface area contributed by atoms with Crippen LogP contribution >= 0.6 is 0 Å². The van der Waals surface area contributed by atoms with E-state index in [0.717, 1.165) is 44.6 Å². The molecule has 4 aromatic rings. The smallest absolute Gasteiger partial charge is 0.124 e. The lowest BCUT2D eigenvalue weighted by atomic mass is 10.0. The summed E-state index contributed by atoms with van der Waals surface area (Å²) in [6.45, 7) is 3.09. The molecule has 2 heterocycles. The Morgan fingerprint density at radius 1 is 1.19 bits per heavy atom. The van der Waals surface area contributed by atoms with Gasteiger partial charge in [0.05, 0.1) is 29.3 Å². The minimum atomic E-state index is 0.491. The van der Waals surface area contributed by atoms with Gasteiger partial charge in [-0.3, -0.25) is 0 Å². The van der Waals surface area contributed by atoms with Crippen LogP contribution in [0.2, 0.25) is 0 Å². The second-order valence-corrected chi connectivity index (χ2v) is 6.48. The molecular weight excluding hydrogens is 340 g/mol. The molecule has 4 rings (SSSR count). The van der Waals surface area contributed by atoms with Crippen LogP contribution in [0, 0.1) is 18.3 Å². The molecule has 0 aliphatic heterocycles.